The fraction of sp³-hybridized carbons (Fsp3) is 0.364. The van der Waals surface area contributed by atoms with Crippen LogP contribution in [-0.2, 0) is 0 Å². The number of carbonyl (C=O) groups is 1. The third-order valence-electron chi connectivity index (χ3n) is 2.29. The third kappa shape index (κ3) is 4.58. The molecule has 0 atom stereocenters. The summed E-state index contributed by atoms with van der Waals surface area (Å²) in [5.74, 6) is -0.0373. The van der Waals surface area contributed by atoms with Gasteiger partial charge in [-0.2, -0.15) is 0 Å². The van der Waals surface area contributed by atoms with Gasteiger partial charge in [-0.15, -0.1) is 0 Å². The molecule has 0 radical (unpaired) electrons. The van der Waals surface area contributed by atoms with Crippen LogP contribution in [0.1, 0.15) is 29.6 Å². The van der Waals surface area contributed by atoms with E-state index in [2.05, 4.69) is 15.5 Å². The van der Waals surface area contributed by atoms with Crippen LogP contribution in [0.3, 0.4) is 0 Å². The minimum absolute atomic E-state index is 0.193. The maximum Gasteiger partial charge on any atom is 0.252 e. The predicted octanol–water partition coefficient (Wildman–Crippen LogP) is 1.38. The van der Waals surface area contributed by atoms with Gasteiger partial charge in [0, 0.05) is 25.4 Å². The van der Waals surface area contributed by atoms with Crippen molar-refractivity contribution in [2.45, 2.75) is 19.3 Å². The topological polar surface area (TPSA) is 101 Å². The minimum atomic E-state index is -0.230. The van der Waals surface area contributed by atoms with Gasteiger partial charge >= 0.3 is 0 Å². The van der Waals surface area contributed by atoms with Gasteiger partial charge in [-0.25, -0.2) is 0 Å². The average Bonchev–Trinajstić information content (AvgIpc) is 2.38. The standard InChI is InChI=1S/C11H15ClN4O2/c12-9-7-14-6-4-8(9)11(17)15-5-2-1-3-10(13)16-18/h4,6-7,18H,1-3,5H2,(H2,13,16)(H,15,17). The van der Waals surface area contributed by atoms with Crippen LogP contribution in [0.2, 0.25) is 5.02 Å². The molecule has 0 aliphatic rings. The van der Waals surface area contributed by atoms with Crippen molar-refractivity contribution in [3.8, 4) is 0 Å². The number of rotatable bonds is 6. The zero-order valence-corrected chi connectivity index (χ0v) is 10.5. The van der Waals surface area contributed by atoms with Crippen molar-refractivity contribution >= 4 is 23.3 Å². The van der Waals surface area contributed by atoms with E-state index in [0.717, 1.165) is 12.8 Å². The van der Waals surface area contributed by atoms with Crippen LogP contribution >= 0.6 is 11.6 Å². The summed E-state index contributed by atoms with van der Waals surface area (Å²) in [6, 6.07) is 1.56. The summed E-state index contributed by atoms with van der Waals surface area (Å²) in [6.45, 7) is 0.510. The van der Waals surface area contributed by atoms with Crippen LogP contribution in [0, 0.1) is 0 Å². The molecule has 6 nitrogen and oxygen atoms in total. The highest BCUT2D eigenvalue weighted by atomic mass is 35.5. The normalized spacial score (nSPS) is 11.3. The second kappa shape index (κ2) is 7.50. The number of halogens is 1. The molecule has 0 saturated heterocycles. The zero-order chi connectivity index (χ0) is 13.4. The summed E-state index contributed by atoms with van der Waals surface area (Å²) in [5.41, 5.74) is 5.72. The summed E-state index contributed by atoms with van der Waals surface area (Å²) in [4.78, 5) is 15.5. The Bertz CT molecular complexity index is 437. The molecule has 0 aliphatic carbocycles. The molecule has 0 unspecified atom stereocenters. The van der Waals surface area contributed by atoms with Crippen LogP contribution in [0.15, 0.2) is 23.6 Å². The van der Waals surface area contributed by atoms with Crippen LogP contribution in [0.5, 0.6) is 0 Å². The summed E-state index contributed by atoms with van der Waals surface area (Å²) >= 11 is 5.84. The van der Waals surface area contributed by atoms with Crippen LogP contribution in [0.25, 0.3) is 0 Å². The quantitative estimate of drug-likeness (QED) is 0.239. The Morgan fingerprint density at radius 1 is 1.56 bits per heavy atom. The Morgan fingerprint density at radius 2 is 2.33 bits per heavy atom. The van der Waals surface area contributed by atoms with Crippen molar-refractivity contribution in [1.82, 2.24) is 10.3 Å². The maximum absolute atomic E-state index is 11.7. The number of hydrogen-bond donors (Lipinski definition) is 3. The molecule has 0 bridgehead atoms. The highest BCUT2D eigenvalue weighted by Gasteiger charge is 2.08. The number of nitrogens with two attached hydrogens (primary N) is 1. The molecule has 0 saturated carbocycles. The first-order chi connectivity index (χ1) is 8.65. The second-order valence-corrected chi connectivity index (χ2v) is 4.07. The van der Waals surface area contributed by atoms with E-state index < -0.39 is 0 Å². The number of pyridine rings is 1. The Morgan fingerprint density at radius 3 is 3.00 bits per heavy atom. The van der Waals surface area contributed by atoms with Gasteiger partial charge in [0.05, 0.1) is 10.6 Å². The van der Waals surface area contributed by atoms with Crippen LogP contribution in [0.4, 0.5) is 0 Å². The smallest absolute Gasteiger partial charge is 0.252 e. The van der Waals surface area contributed by atoms with E-state index in [0.29, 0.717) is 23.6 Å². The van der Waals surface area contributed by atoms with Gasteiger partial charge < -0.3 is 16.3 Å². The van der Waals surface area contributed by atoms with Gasteiger partial charge in [0.15, 0.2) is 0 Å². The van der Waals surface area contributed by atoms with Crippen LogP contribution < -0.4 is 11.1 Å². The van der Waals surface area contributed by atoms with E-state index >= 15 is 0 Å². The van der Waals surface area contributed by atoms with Gasteiger partial charge in [-0.1, -0.05) is 16.8 Å². The molecule has 0 aliphatic heterocycles. The molecule has 98 valence electrons. The lowest BCUT2D eigenvalue weighted by atomic mass is 10.2. The molecule has 7 heteroatoms. The van der Waals surface area contributed by atoms with E-state index in [4.69, 9.17) is 22.5 Å². The molecule has 0 aromatic carbocycles. The summed E-state index contributed by atoms with van der Waals surface area (Å²) in [5, 5.41) is 14.3. The van der Waals surface area contributed by atoms with Gasteiger partial charge in [-0.05, 0) is 18.9 Å². The SMILES string of the molecule is NC(CCCCNC(=O)c1ccncc1Cl)=NO. The van der Waals surface area contributed by atoms with Crippen LogP contribution in [-0.4, -0.2) is 28.5 Å². The van der Waals surface area contributed by atoms with Gasteiger partial charge in [0.1, 0.15) is 5.84 Å². The molecular formula is C11H15ClN4O2. The molecule has 4 N–H and O–H groups in total. The second-order valence-electron chi connectivity index (χ2n) is 3.66. The molecule has 18 heavy (non-hydrogen) atoms. The lowest BCUT2D eigenvalue weighted by Gasteiger charge is -2.06. The third-order valence-corrected chi connectivity index (χ3v) is 2.59. The predicted molar refractivity (Wildman–Crippen MR) is 68.8 cm³/mol. The molecule has 1 aromatic rings. The van der Waals surface area contributed by atoms with E-state index in [9.17, 15) is 4.79 Å². The van der Waals surface area contributed by atoms with Crippen molar-refractivity contribution in [3.63, 3.8) is 0 Å². The summed E-state index contributed by atoms with van der Waals surface area (Å²) in [7, 11) is 0. The molecular weight excluding hydrogens is 256 g/mol. The first kappa shape index (κ1) is 14.2. The van der Waals surface area contributed by atoms with Crippen molar-refractivity contribution in [2.24, 2.45) is 10.9 Å². The fourth-order valence-electron chi connectivity index (χ4n) is 1.34. The van der Waals surface area contributed by atoms with Gasteiger partial charge in [0.25, 0.3) is 5.91 Å². The highest BCUT2D eigenvalue weighted by molar-refractivity contribution is 6.33. The number of unbranched alkanes of at least 4 members (excludes halogenated alkanes) is 1. The number of aromatic nitrogens is 1. The molecule has 1 amide bonds. The Labute approximate surface area is 110 Å². The number of nitrogens with one attached hydrogen (secondary N) is 1. The fourth-order valence-corrected chi connectivity index (χ4v) is 1.54. The van der Waals surface area contributed by atoms with Gasteiger partial charge in [0.2, 0.25) is 0 Å². The first-order valence-corrected chi connectivity index (χ1v) is 5.87. The summed E-state index contributed by atoms with van der Waals surface area (Å²) < 4.78 is 0. The molecule has 1 heterocycles. The van der Waals surface area contributed by atoms with E-state index in [-0.39, 0.29) is 11.7 Å². The van der Waals surface area contributed by atoms with Gasteiger partial charge in [-0.3, -0.25) is 9.78 Å². The number of amidine groups is 1. The minimum Gasteiger partial charge on any atom is -0.409 e. The molecule has 0 fully saturated rings. The number of nitrogens with zero attached hydrogens (tertiary/aromatic N) is 2. The molecule has 1 rings (SSSR count). The number of amides is 1. The lowest BCUT2D eigenvalue weighted by Crippen LogP contribution is -2.25. The Balaban J connectivity index is 2.28. The number of carbonyl (C=O) groups excluding carboxylic acids is 1. The highest BCUT2D eigenvalue weighted by Crippen LogP contribution is 2.12. The lowest BCUT2D eigenvalue weighted by molar-refractivity contribution is 0.0953. The van der Waals surface area contributed by atoms with E-state index in [1.807, 2.05) is 0 Å². The van der Waals surface area contributed by atoms with Crippen molar-refractivity contribution in [2.75, 3.05) is 6.54 Å². The largest absolute Gasteiger partial charge is 0.409 e. The zero-order valence-electron chi connectivity index (χ0n) is 9.77. The average molecular weight is 271 g/mol. The number of oxime groups is 1. The Hall–Kier alpha value is -1.82. The Kier molecular flexibility index (Phi) is 5.93. The van der Waals surface area contributed by atoms with E-state index in [1.54, 1.807) is 6.07 Å². The maximum atomic E-state index is 11.7. The van der Waals surface area contributed by atoms with Crippen molar-refractivity contribution in [3.05, 3.63) is 29.0 Å². The first-order valence-electron chi connectivity index (χ1n) is 5.49. The monoisotopic (exact) mass is 270 g/mol. The number of hydrogen-bond acceptors (Lipinski definition) is 4. The summed E-state index contributed by atoms with van der Waals surface area (Å²) in [6.07, 6.45) is 4.92. The van der Waals surface area contributed by atoms with E-state index in [1.165, 1.54) is 12.4 Å². The van der Waals surface area contributed by atoms with Crippen molar-refractivity contribution < 1.29 is 10.0 Å². The van der Waals surface area contributed by atoms with Crippen molar-refractivity contribution in [1.29, 1.82) is 0 Å². The molecule has 0 spiro atoms. The molecule has 1 aromatic heterocycles.